The zero-order valence-electron chi connectivity index (χ0n) is 10.5. The zero-order valence-corrected chi connectivity index (χ0v) is 11.3. The van der Waals surface area contributed by atoms with Crippen LogP contribution in [-0.2, 0) is 17.1 Å². The van der Waals surface area contributed by atoms with Gasteiger partial charge in [-0.25, -0.2) is 4.98 Å². The van der Waals surface area contributed by atoms with Crippen molar-refractivity contribution >= 4 is 22.0 Å². The fourth-order valence-electron chi connectivity index (χ4n) is 1.54. The van der Waals surface area contributed by atoms with Crippen LogP contribution in [0.25, 0.3) is 0 Å². The van der Waals surface area contributed by atoms with E-state index in [1.165, 1.54) is 12.3 Å². The van der Waals surface area contributed by atoms with Crippen LogP contribution in [0.1, 0.15) is 16.2 Å². The third-order valence-corrected chi connectivity index (χ3v) is 3.89. The normalized spacial score (nSPS) is 11.3. The van der Waals surface area contributed by atoms with Gasteiger partial charge >= 0.3 is 0 Å². The summed E-state index contributed by atoms with van der Waals surface area (Å²) in [6, 6.07) is 6.22. The molecule has 2 rings (SSSR count). The summed E-state index contributed by atoms with van der Waals surface area (Å²) in [5, 5.41) is -0.0518. The van der Waals surface area contributed by atoms with E-state index in [9.17, 15) is 13.2 Å². The molecule has 0 aliphatic carbocycles. The highest BCUT2D eigenvalue weighted by Gasteiger charge is 2.18. The van der Waals surface area contributed by atoms with Gasteiger partial charge in [-0.3, -0.25) is 9.52 Å². The number of carbonyl (C=O) groups excluding carboxylic acids is 1. The quantitative estimate of drug-likeness (QED) is 0.856. The number of aryl methyl sites for hydroxylation is 2. The van der Waals surface area contributed by atoms with E-state index in [1.807, 2.05) is 0 Å². The van der Waals surface area contributed by atoms with E-state index in [0.29, 0.717) is 23.4 Å². The van der Waals surface area contributed by atoms with Crippen LogP contribution in [0.3, 0.4) is 0 Å². The molecule has 0 amide bonds. The van der Waals surface area contributed by atoms with E-state index in [2.05, 4.69) is 9.71 Å². The Morgan fingerprint density at radius 1 is 1.37 bits per heavy atom. The van der Waals surface area contributed by atoms with Crippen LogP contribution in [0.15, 0.2) is 35.5 Å². The maximum Gasteiger partial charge on any atom is 0.280 e. The SMILES string of the molecule is Cc1nc(S(=O)(=O)Nc2cccc(C=O)c2)cn1C. The van der Waals surface area contributed by atoms with Crippen molar-refractivity contribution in [1.82, 2.24) is 9.55 Å². The molecule has 19 heavy (non-hydrogen) atoms. The molecule has 1 heterocycles. The second-order valence-electron chi connectivity index (χ2n) is 4.09. The molecular formula is C12H13N3O3S. The van der Waals surface area contributed by atoms with Gasteiger partial charge in [-0.1, -0.05) is 12.1 Å². The Labute approximate surface area is 111 Å². The van der Waals surface area contributed by atoms with Crippen LogP contribution in [-0.4, -0.2) is 24.3 Å². The minimum Gasteiger partial charge on any atom is -0.337 e. The predicted octanol–water partition coefficient (Wildman–Crippen LogP) is 1.34. The summed E-state index contributed by atoms with van der Waals surface area (Å²) in [7, 11) is -2.02. The van der Waals surface area contributed by atoms with Gasteiger partial charge in [-0.2, -0.15) is 8.42 Å². The Kier molecular flexibility index (Phi) is 3.39. The van der Waals surface area contributed by atoms with Crippen molar-refractivity contribution in [3.63, 3.8) is 0 Å². The van der Waals surface area contributed by atoms with Gasteiger partial charge < -0.3 is 4.57 Å². The standard InChI is InChI=1S/C12H13N3O3S/c1-9-13-12(7-15(9)2)19(17,18)14-11-5-3-4-10(6-11)8-16/h3-8,14H,1-2H3. The highest BCUT2D eigenvalue weighted by atomic mass is 32.2. The number of hydrogen-bond acceptors (Lipinski definition) is 4. The Hall–Kier alpha value is -2.15. The van der Waals surface area contributed by atoms with E-state index in [4.69, 9.17) is 0 Å². The lowest BCUT2D eigenvalue weighted by Crippen LogP contribution is -2.13. The van der Waals surface area contributed by atoms with E-state index >= 15 is 0 Å². The monoisotopic (exact) mass is 279 g/mol. The summed E-state index contributed by atoms with van der Waals surface area (Å²) in [5.41, 5.74) is 0.727. The third kappa shape index (κ3) is 2.82. The van der Waals surface area contributed by atoms with E-state index < -0.39 is 10.0 Å². The largest absolute Gasteiger partial charge is 0.337 e. The van der Waals surface area contributed by atoms with Crippen molar-refractivity contribution < 1.29 is 13.2 Å². The zero-order chi connectivity index (χ0) is 14.0. The van der Waals surface area contributed by atoms with Gasteiger partial charge in [0.25, 0.3) is 10.0 Å². The van der Waals surface area contributed by atoms with E-state index in [1.54, 1.807) is 36.7 Å². The molecule has 0 saturated heterocycles. The van der Waals surface area contributed by atoms with Gasteiger partial charge in [-0.05, 0) is 19.1 Å². The summed E-state index contributed by atoms with van der Waals surface area (Å²) in [6.45, 7) is 1.71. The number of benzene rings is 1. The Morgan fingerprint density at radius 3 is 2.68 bits per heavy atom. The minimum atomic E-state index is -3.74. The van der Waals surface area contributed by atoms with Crippen molar-refractivity contribution in [3.8, 4) is 0 Å². The second-order valence-corrected chi connectivity index (χ2v) is 5.72. The van der Waals surface area contributed by atoms with Gasteiger partial charge in [0.1, 0.15) is 12.1 Å². The molecule has 0 atom stereocenters. The van der Waals surface area contributed by atoms with Crippen LogP contribution < -0.4 is 4.72 Å². The molecule has 0 aliphatic heterocycles. The summed E-state index contributed by atoms with van der Waals surface area (Å²) in [5.74, 6) is 0.599. The van der Waals surface area contributed by atoms with Crippen molar-refractivity contribution in [2.24, 2.45) is 7.05 Å². The maximum atomic E-state index is 12.1. The first-order valence-electron chi connectivity index (χ1n) is 5.50. The van der Waals surface area contributed by atoms with Crippen molar-refractivity contribution in [2.75, 3.05) is 4.72 Å². The fraction of sp³-hybridized carbons (Fsp3) is 0.167. The average molecular weight is 279 g/mol. The first-order chi connectivity index (χ1) is 8.92. The number of rotatable bonds is 4. The van der Waals surface area contributed by atoms with Crippen LogP contribution in [0.5, 0.6) is 0 Å². The van der Waals surface area contributed by atoms with Crippen LogP contribution >= 0.6 is 0 Å². The Morgan fingerprint density at radius 2 is 2.11 bits per heavy atom. The molecule has 1 N–H and O–H groups in total. The van der Waals surface area contributed by atoms with Crippen molar-refractivity contribution in [1.29, 1.82) is 0 Å². The third-order valence-electron chi connectivity index (χ3n) is 2.64. The van der Waals surface area contributed by atoms with E-state index in [-0.39, 0.29) is 5.03 Å². The lowest BCUT2D eigenvalue weighted by atomic mass is 10.2. The number of aldehydes is 1. The summed E-state index contributed by atoms with van der Waals surface area (Å²) >= 11 is 0. The molecule has 0 aliphatic rings. The number of aromatic nitrogens is 2. The average Bonchev–Trinajstić information content (AvgIpc) is 2.70. The molecule has 0 unspecified atom stereocenters. The first kappa shape index (κ1) is 13.3. The van der Waals surface area contributed by atoms with E-state index in [0.717, 1.165) is 0 Å². The van der Waals surface area contributed by atoms with Gasteiger partial charge in [0.2, 0.25) is 0 Å². The molecule has 0 saturated carbocycles. The molecule has 1 aromatic carbocycles. The summed E-state index contributed by atoms with van der Waals surface area (Å²) in [6.07, 6.45) is 2.09. The lowest BCUT2D eigenvalue weighted by Gasteiger charge is -2.05. The number of nitrogens with zero attached hydrogens (tertiary/aromatic N) is 2. The van der Waals surface area contributed by atoms with Crippen LogP contribution in [0, 0.1) is 6.92 Å². The maximum absolute atomic E-state index is 12.1. The molecule has 2 aromatic rings. The molecule has 7 heteroatoms. The summed E-state index contributed by atoms with van der Waals surface area (Å²) < 4.78 is 28.2. The first-order valence-corrected chi connectivity index (χ1v) is 6.99. The number of hydrogen-bond donors (Lipinski definition) is 1. The Bertz CT molecular complexity index is 700. The Balaban J connectivity index is 2.33. The molecule has 0 radical (unpaired) electrons. The van der Waals surface area contributed by atoms with Crippen molar-refractivity contribution in [2.45, 2.75) is 11.9 Å². The lowest BCUT2D eigenvalue weighted by molar-refractivity contribution is 0.112. The number of anilines is 1. The number of nitrogens with one attached hydrogen (secondary N) is 1. The topological polar surface area (TPSA) is 81.1 Å². The van der Waals surface area contributed by atoms with Crippen molar-refractivity contribution in [3.05, 3.63) is 41.9 Å². The summed E-state index contributed by atoms with van der Waals surface area (Å²) in [4.78, 5) is 14.6. The van der Waals surface area contributed by atoms with Gasteiger partial charge in [0, 0.05) is 24.5 Å². The highest BCUT2D eigenvalue weighted by Crippen LogP contribution is 2.16. The minimum absolute atomic E-state index is 0.0518. The predicted molar refractivity (Wildman–Crippen MR) is 70.6 cm³/mol. The highest BCUT2D eigenvalue weighted by molar-refractivity contribution is 7.92. The fourth-order valence-corrected chi connectivity index (χ4v) is 2.63. The number of imidazole rings is 1. The van der Waals surface area contributed by atoms with Crippen LogP contribution in [0.2, 0.25) is 0 Å². The molecular weight excluding hydrogens is 266 g/mol. The van der Waals surface area contributed by atoms with Gasteiger partial charge in [0.05, 0.1) is 0 Å². The molecule has 6 nitrogen and oxygen atoms in total. The van der Waals surface area contributed by atoms with Gasteiger partial charge in [-0.15, -0.1) is 0 Å². The molecule has 0 spiro atoms. The molecule has 0 fully saturated rings. The van der Waals surface area contributed by atoms with Crippen LogP contribution in [0.4, 0.5) is 5.69 Å². The number of carbonyl (C=O) groups is 1. The smallest absolute Gasteiger partial charge is 0.280 e. The molecule has 0 bridgehead atoms. The van der Waals surface area contributed by atoms with Gasteiger partial charge in [0.15, 0.2) is 5.03 Å². The molecule has 100 valence electrons. The number of sulfonamides is 1. The molecule has 1 aromatic heterocycles. The second kappa shape index (κ2) is 4.85.